The van der Waals surface area contributed by atoms with Crippen molar-refractivity contribution in [2.75, 3.05) is 0 Å². The maximum Gasteiger partial charge on any atom is 0.140 e. The van der Waals surface area contributed by atoms with Gasteiger partial charge in [-0.25, -0.2) is 4.39 Å². The predicted octanol–water partition coefficient (Wildman–Crippen LogP) is 3.94. The Bertz CT molecular complexity index is 657. The Balaban J connectivity index is 1.72. The second-order valence-corrected chi connectivity index (χ2v) is 5.53. The van der Waals surface area contributed by atoms with E-state index < -0.39 is 5.82 Å². The number of nitrogens with zero attached hydrogens (tertiary/aromatic N) is 1. The summed E-state index contributed by atoms with van der Waals surface area (Å²) in [4.78, 5) is 0. The SMILES string of the molecule is N#Cc1cc(CNC(c2ccccc2)C2CC2)ccc1F. The van der Waals surface area contributed by atoms with Crippen LogP contribution in [0.4, 0.5) is 4.39 Å². The number of benzene rings is 2. The highest BCUT2D eigenvalue weighted by Crippen LogP contribution is 2.41. The minimum Gasteiger partial charge on any atom is -0.306 e. The minimum absolute atomic E-state index is 0.108. The number of hydrogen-bond donors (Lipinski definition) is 1. The number of nitrogens with one attached hydrogen (secondary N) is 1. The van der Waals surface area contributed by atoms with Crippen LogP contribution in [0.5, 0.6) is 0 Å². The fourth-order valence-corrected chi connectivity index (χ4v) is 2.64. The average Bonchev–Trinajstić information content (AvgIpc) is 3.35. The molecule has 0 aliphatic heterocycles. The summed E-state index contributed by atoms with van der Waals surface area (Å²) in [5.41, 5.74) is 2.34. The van der Waals surface area contributed by atoms with Gasteiger partial charge in [-0.05, 0) is 42.0 Å². The van der Waals surface area contributed by atoms with Gasteiger partial charge in [0.25, 0.3) is 0 Å². The molecule has 1 aliphatic carbocycles. The fraction of sp³-hybridized carbons (Fsp3) is 0.278. The van der Waals surface area contributed by atoms with Crippen molar-refractivity contribution in [1.82, 2.24) is 5.32 Å². The van der Waals surface area contributed by atoms with Crippen LogP contribution in [-0.4, -0.2) is 0 Å². The first-order valence-corrected chi connectivity index (χ1v) is 7.25. The largest absolute Gasteiger partial charge is 0.306 e. The fourth-order valence-electron chi connectivity index (χ4n) is 2.64. The van der Waals surface area contributed by atoms with Crippen LogP contribution in [0.15, 0.2) is 48.5 Å². The quantitative estimate of drug-likeness (QED) is 0.900. The molecule has 0 radical (unpaired) electrons. The van der Waals surface area contributed by atoms with Gasteiger partial charge in [0.05, 0.1) is 5.56 Å². The zero-order valence-electron chi connectivity index (χ0n) is 11.7. The molecule has 1 unspecified atom stereocenters. The zero-order valence-corrected chi connectivity index (χ0v) is 11.7. The lowest BCUT2D eigenvalue weighted by Gasteiger charge is -2.19. The van der Waals surface area contributed by atoms with Crippen molar-refractivity contribution < 1.29 is 4.39 Å². The minimum atomic E-state index is -0.456. The van der Waals surface area contributed by atoms with Gasteiger partial charge in [0, 0.05) is 12.6 Å². The lowest BCUT2D eigenvalue weighted by Crippen LogP contribution is -2.22. The van der Waals surface area contributed by atoms with Crippen LogP contribution in [0.1, 0.15) is 35.6 Å². The van der Waals surface area contributed by atoms with Gasteiger partial charge in [0.1, 0.15) is 11.9 Å². The normalized spacial score (nSPS) is 15.4. The van der Waals surface area contributed by atoms with Crippen LogP contribution in [-0.2, 0) is 6.54 Å². The molecule has 0 aromatic heterocycles. The van der Waals surface area contributed by atoms with Gasteiger partial charge in [0.15, 0.2) is 0 Å². The third-order valence-electron chi connectivity index (χ3n) is 3.93. The molecule has 2 aromatic rings. The van der Waals surface area contributed by atoms with E-state index in [1.165, 1.54) is 24.5 Å². The van der Waals surface area contributed by atoms with Gasteiger partial charge in [-0.3, -0.25) is 0 Å². The topological polar surface area (TPSA) is 35.8 Å². The maximum atomic E-state index is 13.3. The van der Waals surface area contributed by atoms with E-state index >= 15 is 0 Å². The molecule has 3 rings (SSSR count). The van der Waals surface area contributed by atoms with Gasteiger partial charge in [-0.1, -0.05) is 36.4 Å². The number of halogens is 1. The van der Waals surface area contributed by atoms with Crippen LogP contribution in [0.3, 0.4) is 0 Å². The molecule has 3 heteroatoms. The molecule has 1 saturated carbocycles. The first kappa shape index (κ1) is 13.8. The molecule has 2 nitrogen and oxygen atoms in total. The Kier molecular flexibility index (Phi) is 3.98. The lowest BCUT2D eigenvalue weighted by atomic mass is 10.0. The third-order valence-corrected chi connectivity index (χ3v) is 3.93. The Morgan fingerprint density at radius 3 is 2.62 bits per heavy atom. The summed E-state index contributed by atoms with van der Waals surface area (Å²) in [5.74, 6) is 0.228. The molecule has 1 atom stereocenters. The Morgan fingerprint density at radius 1 is 1.19 bits per heavy atom. The summed E-state index contributed by atoms with van der Waals surface area (Å²) in [7, 11) is 0. The highest BCUT2D eigenvalue weighted by atomic mass is 19.1. The van der Waals surface area contributed by atoms with Crippen LogP contribution in [0, 0.1) is 23.1 Å². The predicted molar refractivity (Wildman–Crippen MR) is 79.9 cm³/mol. The van der Waals surface area contributed by atoms with E-state index in [-0.39, 0.29) is 5.56 Å². The summed E-state index contributed by atoms with van der Waals surface area (Å²) < 4.78 is 13.3. The molecule has 1 N–H and O–H groups in total. The van der Waals surface area contributed by atoms with Crippen LogP contribution in [0.25, 0.3) is 0 Å². The zero-order chi connectivity index (χ0) is 14.7. The second-order valence-electron chi connectivity index (χ2n) is 5.53. The summed E-state index contributed by atoms with van der Waals surface area (Å²) in [6.45, 7) is 0.644. The highest BCUT2D eigenvalue weighted by Gasteiger charge is 2.31. The first-order chi connectivity index (χ1) is 10.3. The van der Waals surface area contributed by atoms with Crippen LogP contribution < -0.4 is 5.32 Å². The molecule has 0 heterocycles. The van der Waals surface area contributed by atoms with Crippen molar-refractivity contribution in [3.63, 3.8) is 0 Å². The van der Waals surface area contributed by atoms with E-state index in [2.05, 4.69) is 29.6 Å². The maximum absolute atomic E-state index is 13.3. The standard InChI is InChI=1S/C18H17FN2/c19-17-9-6-13(10-16(17)11-20)12-21-18(15-7-8-15)14-4-2-1-3-5-14/h1-6,9-10,15,18,21H,7-8,12H2. The Hall–Kier alpha value is -2.18. The molecule has 106 valence electrons. The highest BCUT2D eigenvalue weighted by molar-refractivity contribution is 5.34. The van der Waals surface area contributed by atoms with Crippen LogP contribution in [0.2, 0.25) is 0 Å². The van der Waals surface area contributed by atoms with E-state index in [1.54, 1.807) is 12.1 Å². The van der Waals surface area contributed by atoms with Crippen molar-refractivity contribution in [3.05, 3.63) is 71.0 Å². The molecule has 1 aliphatic rings. The molecule has 2 aromatic carbocycles. The van der Waals surface area contributed by atoms with E-state index in [1.807, 2.05) is 12.1 Å². The smallest absolute Gasteiger partial charge is 0.140 e. The summed E-state index contributed by atoms with van der Waals surface area (Å²) in [5, 5.41) is 12.4. The number of nitriles is 1. The average molecular weight is 280 g/mol. The molecular weight excluding hydrogens is 263 g/mol. The summed E-state index contributed by atoms with van der Waals surface area (Å²) >= 11 is 0. The molecule has 1 fully saturated rings. The Morgan fingerprint density at radius 2 is 1.95 bits per heavy atom. The molecule has 0 spiro atoms. The van der Waals surface area contributed by atoms with E-state index in [9.17, 15) is 4.39 Å². The van der Waals surface area contributed by atoms with Crippen molar-refractivity contribution in [2.45, 2.75) is 25.4 Å². The van der Waals surface area contributed by atoms with E-state index in [0.29, 0.717) is 18.5 Å². The number of hydrogen-bond acceptors (Lipinski definition) is 2. The van der Waals surface area contributed by atoms with Crippen LogP contribution >= 0.6 is 0 Å². The lowest BCUT2D eigenvalue weighted by molar-refractivity contribution is 0.480. The molecule has 0 amide bonds. The van der Waals surface area contributed by atoms with Crippen molar-refractivity contribution >= 4 is 0 Å². The summed E-state index contributed by atoms with van der Waals surface area (Å²) in [6, 6.07) is 17.4. The van der Waals surface area contributed by atoms with Gasteiger partial charge in [-0.15, -0.1) is 0 Å². The molecule has 0 saturated heterocycles. The first-order valence-electron chi connectivity index (χ1n) is 7.25. The summed E-state index contributed by atoms with van der Waals surface area (Å²) in [6.07, 6.45) is 2.50. The second kappa shape index (κ2) is 6.07. The van der Waals surface area contributed by atoms with Crippen molar-refractivity contribution in [2.24, 2.45) is 5.92 Å². The van der Waals surface area contributed by atoms with Gasteiger partial charge < -0.3 is 5.32 Å². The number of rotatable bonds is 5. The Labute approximate surface area is 124 Å². The van der Waals surface area contributed by atoms with Gasteiger partial charge in [-0.2, -0.15) is 5.26 Å². The van der Waals surface area contributed by atoms with Gasteiger partial charge >= 0.3 is 0 Å². The van der Waals surface area contributed by atoms with E-state index in [0.717, 1.165) is 5.56 Å². The monoisotopic (exact) mass is 280 g/mol. The van der Waals surface area contributed by atoms with E-state index in [4.69, 9.17) is 5.26 Å². The molecule has 0 bridgehead atoms. The molecular formula is C18H17FN2. The van der Waals surface area contributed by atoms with Crippen molar-refractivity contribution in [1.29, 1.82) is 5.26 Å². The van der Waals surface area contributed by atoms with Crippen molar-refractivity contribution in [3.8, 4) is 6.07 Å². The third kappa shape index (κ3) is 3.29. The molecule has 21 heavy (non-hydrogen) atoms. The van der Waals surface area contributed by atoms with Gasteiger partial charge in [0.2, 0.25) is 0 Å².